The lowest BCUT2D eigenvalue weighted by Gasteiger charge is -2.22. The van der Waals surface area contributed by atoms with E-state index in [0.29, 0.717) is 23.7 Å². The molecular weight excluding hydrogens is 250 g/mol. The van der Waals surface area contributed by atoms with Gasteiger partial charge in [0.1, 0.15) is 0 Å². The first kappa shape index (κ1) is 16.5. The molecule has 0 unspecified atom stereocenters. The molecule has 0 aliphatic rings. The molecule has 112 valence electrons. The summed E-state index contributed by atoms with van der Waals surface area (Å²) in [5.41, 5.74) is 7.11. The summed E-state index contributed by atoms with van der Waals surface area (Å²) in [5.74, 6) is 0.691. The van der Waals surface area contributed by atoms with Crippen molar-refractivity contribution in [3.8, 4) is 0 Å². The summed E-state index contributed by atoms with van der Waals surface area (Å²) in [6.07, 6.45) is 1.40. The normalized spacial score (nSPS) is 11.1. The molecule has 0 aliphatic heterocycles. The van der Waals surface area contributed by atoms with E-state index in [0.717, 1.165) is 26.1 Å². The molecule has 1 rings (SSSR count). The molecule has 1 aromatic rings. The van der Waals surface area contributed by atoms with Gasteiger partial charge in [-0.1, -0.05) is 32.9 Å². The predicted octanol–water partition coefficient (Wildman–Crippen LogP) is 2.97. The van der Waals surface area contributed by atoms with Gasteiger partial charge in [-0.2, -0.15) is 0 Å². The maximum Gasteiger partial charge on any atom is 0.224 e. The first-order valence-electron chi connectivity index (χ1n) is 7.39. The van der Waals surface area contributed by atoms with Crippen LogP contribution in [0.1, 0.15) is 33.6 Å². The fourth-order valence-electron chi connectivity index (χ4n) is 2.18. The van der Waals surface area contributed by atoms with Gasteiger partial charge in [-0.05, 0) is 37.6 Å². The molecule has 0 spiro atoms. The van der Waals surface area contributed by atoms with Gasteiger partial charge in [0.05, 0.1) is 11.4 Å². The standard InChI is InChI=1S/C16H27N3O/c1-4-19(12-13(2)3)11-7-10-16(20)18-15-9-6-5-8-14(15)17/h5-6,8-9,13H,4,7,10-12,17H2,1-3H3,(H,18,20). The molecule has 0 fully saturated rings. The molecule has 0 atom stereocenters. The largest absolute Gasteiger partial charge is 0.397 e. The summed E-state index contributed by atoms with van der Waals surface area (Å²) in [7, 11) is 0. The average molecular weight is 277 g/mol. The fourth-order valence-corrected chi connectivity index (χ4v) is 2.18. The number of carbonyl (C=O) groups excluding carboxylic acids is 1. The van der Waals surface area contributed by atoms with Crippen molar-refractivity contribution in [2.24, 2.45) is 5.92 Å². The second-order valence-corrected chi connectivity index (χ2v) is 5.53. The molecule has 0 saturated heterocycles. The zero-order valence-corrected chi connectivity index (χ0v) is 12.9. The monoisotopic (exact) mass is 277 g/mol. The van der Waals surface area contributed by atoms with E-state index >= 15 is 0 Å². The Balaban J connectivity index is 2.31. The maximum absolute atomic E-state index is 11.9. The second-order valence-electron chi connectivity index (χ2n) is 5.53. The highest BCUT2D eigenvalue weighted by atomic mass is 16.1. The van der Waals surface area contributed by atoms with Crippen LogP contribution in [-0.4, -0.2) is 30.4 Å². The summed E-state index contributed by atoms with van der Waals surface area (Å²) in [6.45, 7) is 9.68. The Morgan fingerprint density at radius 3 is 2.65 bits per heavy atom. The van der Waals surface area contributed by atoms with Gasteiger partial charge in [0.25, 0.3) is 0 Å². The fraction of sp³-hybridized carbons (Fsp3) is 0.562. The number of nitrogen functional groups attached to an aromatic ring is 1. The van der Waals surface area contributed by atoms with Crippen molar-refractivity contribution in [2.75, 3.05) is 30.7 Å². The highest BCUT2D eigenvalue weighted by molar-refractivity contribution is 5.93. The van der Waals surface area contributed by atoms with Gasteiger partial charge in [-0.3, -0.25) is 4.79 Å². The number of nitrogens with two attached hydrogens (primary N) is 1. The Hall–Kier alpha value is -1.55. The quantitative estimate of drug-likeness (QED) is 0.718. The Morgan fingerprint density at radius 1 is 1.35 bits per heavy atom. The molecule has 20 heavy (non-hydrogen) atoms. The van der Waals surface area contributed by atoms with Crippen LogP contribution in [0.2, 0.25) is 0 Å². The van der Waals surface area contributed by atoms with Crippen molar-refractivity contribution in [3.05, 3.63) is 24.3 Å². The van der Waals surface area contributed by atoms with Crippen molar-refractivity contribution in [1.29, 1.82) is 0 Å². The Bertz CT molecular complexity index is 418. The molecule has 1 amide bonds. The second kappa shape index (κ2) is 8.59. The third-order valence-electron chi connectivity index (χ3n) is 3.18. The van der Waals surface area contributed by atoms with Gasteiger partial charge >= 0.3 is 0 Å². The number of amides is 1. The molecule has 0 aromatic heterocycles. The van der Waals surface area contributed by atoms with E-state index in [1.165, 1.54) is 0 Å². The molecular formula is C16H27N3O. The number of anilines is 2. The maximum atomic E-state index is 11.9. The minimum atomic E-state index is 0.0310. The smallest absolute Gasteiger partial charge is 0.224 e. The molecule has 0 radical (unpaired) electrons. The van der Waals surface area contributed by atoms with Crippen molar-refractivity contribution >= 4 is 17.3 Å². The lowest BCUT2D eigenvalue weighted by atomic mass is 10.2. The van der Waals surface area contributed by atoms with Crippen LogP contribution < -0.4 is 11.1 Å². The third-order valence-corrected chi connectivity index (χ3v) is 3.18. The van der Waals surface area contributed by atoms with Crippen LogP contribution in [0.15, 0.2) is 24.3 Å². The summed E-state index contributed by atoms with van der Waals surface area (Å²) in [5, 5.41) is 2.86. The van der Waals surface area contributed by atoms with Gasteiger partial charge < -0.3 is 16.0 Å². The highest BCUT2D eigenvalue weighted by Gasteiger charge is 2.08. The molecule has 3 N–H and O–H groups in total. The molecule has 0 heterocycles. The van der Waals surface area contributed by atoms with Crippen LogP contribution in [0.25, 0.3) is 0 Å². The Morgan fingerprint density at radius 2 is 2.05 bits per heavy atom. The molecule has 0 saturated carbocycles. The van der Waals surface area contributed by atoms with E-state index < -0.39 is 0 Å². The van der Waals surface area contributed by atoms with Crippen LogP contribution in [0, 0.1) is 5.92 Å². The van der Waals surface area contributed by atoms with E-state index in [1.807, 2.05) is 18.2 Å². The number of hydrogen-bond donors (Lipinski definition) is 2. The SMILES string of the molecule is CCN(CCCC(=O)Nc1ccccc1N)CC(C)C. The topological polar surface area (TPSA) is 58.4 Å². The van der Waals surface area contributed by atoms with E-state index in [2.05, 4.69) is 31.0 Å². The third kappa shape index (κ3) is 6.06. The van der Waals surface area contributed by atoms with E-state index in [9.17, 15) is 4.79 Å². The van der Waals surface area contributed by atoms with Gasteiger partial charge in [0.2, 0.25) is 5.91 Å². The molecule has 0 bridgehead atoms. The minimum absolute atomic E-state index is 0.0310. The predicted molar refractivity (Wildman–Crippen MR) is 85.7 cm³/mol. The summed E-state index contributed by atoms with van der Waals surface area (Å²) in [4.78, 5) is 14.3. The molecule has 0 aliphatic carbocycles. The number of nitrogens with zero attached hydrogens (tertiary/aromatic N) is 1. The van der Waals surface area contributed by atoms with Crippen LogP contribution in [0.4, 0.5) is 11.4 Å². The summed E-state index contributed by atoms with van der Waals surface area (Å²) >= 11 is 0. The van der Waals surface area contributed by atoms with Crippen molar-refractivity contribution < 1.29 is 4.79 Å². The van der Waals surface area contributed by atoms with E-state index in [-0.39, 0.29) is 5.91 Å². The zero-order chi connectivity index (χ0) is 15.0. The van der Waals surface area contributed by atoms with Crippen LogP contribution in [0.5, 0.6) is 0 Å². The van der Waals surface area contributed by atoms with Gasteiger partial charge in [0, 0.05) is 13.0 Å². The lowest BCUT2D eigenvalue weighted by molar-refractivity contribution is -0.116. The van der Waals surface area contributed by atoms with E-state index in [4.69, 9.17) is 5.73 Å². The van der Waals surface area contributed by atoms with Crippen molar-refractivity contribution in [3.63, 3.8) is 0 Å². The Kier molecular flexibility index (Phi) is 7.09. The minimum Gasteiger partial charge on any atom is -0.397 e. The van der Waals surface area contributed by atoms with Gasteiger partial charge in [-0.25, -0.2) is 0 Å². The first-order chi connectivity index (χ1) is 9.52. The number of benzene rings is 1. The number of carbonyl (C=O) groups is 1. The molecule has 4 heteroatoms. The first-order valence-corrected chi connectivity index (χ1v) is 7.39. The number of para-hydroxylation sites is 2. The van der Waals surface area contributed by atoms with E-state index in [1.54, 1.807) is 6.07 Å². The van der Waals surface area contributed by atoms with Crippen molar-refractivity contribution in [2.45, 2.75) is 33.6 Å². The Labute approximate surface area is 122 Å². The van der Waals surface area contributed by atoms with Crippen LogP contribution >= 0.6 is 0 Å². The number of nitrogens with one attached hydrogen (secondary N) is 1. The summed E-state index contributed by atoms with van der Waals surface area (Å²) in [6, 6.07) is 7.34. The average Bonchev–Trinajstić information content (AvgIpc) is 2.40. The van der Waals surface area contributed by atoms with Crippen molar-refractivity contribution in [1.82, 2.24) is 4.90 Å². The highest BCUT2D eigenvalue weighted by Crippen LogP contribution is 2.17. The molecule has 4 nitrogen and oxygen atoms in total. The lowest BCUT2D eigenvalue weighted by Crippen LogP contribution is -2.29. The summed E-state index contributed by atoms with van der Waals surface area (Å²) < 4.78 is 0. The number of hydrogen-bond acceptors (Lipinski definition) is 3. The van der Waals surface area contributed by atoms with Gasteiger partial charge in [-0.15, -0.1) is 0 Å². The molecule has 1 aromatic carbocycles. The van der Waals surface area contributed by atoms with Gasteiger partial charge in [0.15, 0.2) is 0 Å². The van der Waals surface area contributed by atoms with Crippen LogP contribution in [0.3, 0.4) is 0 Å². The number of rotatable bonds is 8. The zero-order valence-electron chi connectivity index (χ0n) is 12.9. The van der Waals surface area contributed by atoms with Crippen LogP contribution in [-0.2, 0) is 4.79 Å².